The Bertz CT molecular complexity index is 733. The molecule has 0 aliphatic heterocycles. The number of carbonyl (C=O) groups is 1. The molecule has 0 radical (unpaired) electrons. The van der Waals surface area contributed by atoms with Gasteiger partial charge >= 0.3 is 5.97 Å². The maximum absolute atomic E-state index is 11.6. The van der Waals surface area contributed by atoms with Crippen LogP contribution in [0.3, 0.4) is 0 Å². The summed E-state index contributed by atoms with van der Waals surface area (Å²) in [5, 5.41) is 0. The normalized spacial score (nSPS) is 20.1. The van der Waals surface area contributed by atoms with Gasteiger partial charge in [-0.05, 0) is 60.4 Å². The number of rotatable bonds is 4. The molecule has 1 fully saturated rings. The molecular formula is C23H26O2. The highest BCUT2D eigenvalue weighted by atomic mass is 16.5. The molecule has 1 aliphatic carbocycles. The lowest BCUT2D eigenvalue weighted by atomic mass is 9.79. The van der Waals surface area contributed by atoms with Crippen molar-refractivity contribution in [1.29, 1.82) is 0 Å². The molecular weight excluding hydrogens is 308 g/mol. The standard InChI is InChI=1S/C23H26O2/c1-16(2)23(24)25-22-14-12-21(13-15-22)20-10-8-19(9-11-20)18-6-4-17(3)5-7-18/h8-15,17-18H,1,4-7H2,2-3H3. The Labute approximate surface area is 150 Å². The SMILES string of the molecule is C=C(C)C(=O)Oc1ccc(-c2ccc(C3CCC(C)CC3)cc2)cc1. The monoisotopic (exact) mass is 334 g/mol. The summed E-state index contributed by atoms with van der Waals surface area (Å²) in [5.74, 6) is 1.76. The van der Waals surface area contributed by atoms with E-state index in [9.17, 15) is 4.79 Å². The van der Waals surface area contributed by atoms with Gasteiger partial charge in [0.2, 0.25) is 0 Å². The van der Waals surface area contributed by atoms with E-state index in [0.717, 1.165) is 11.5 Å². The van der Waals surface area contributed by atoms with Gasteiger partial charge in [0.25, 0.3) is 0 Å². The smallest absolute Gasteiger partial charge is 0.338 e. The molecule has 25 heavy (non-hydrogen) atoms. The third kappa shape index (κ3) is 4.39. The molecule has 2 aromatic carbocycles. The summed E-state index contributed by atoms with van der Waals surface area (Å²) in [5.41, 5.74) is 4.17. The summed E-state index contributed by atoms with van der Waals surface area (Å²) in [6.07, 6.45) is 5.31. The van der Waals surface area contributed by atoms with Crippen LogP contribution in [0.5, 0.6) is 5.75 Å². The highest BCUT2D eigenvalue weighted by Crippen LogP contribution is 2.36. The fourth-order valence-corrected chi connectivity index (χ4v) is 3.45. The number of esters is 1. The molecule has 1 aliphatic rings. The van der Waals surface area contributed by atoms with Crippen LogP contribution in [-0.4, -0.2) is 5.97 Å². The van der Waals surface area contributed by atoms with Gasteiger partial charge in [-0.25, -0.2) is 4.79 Å². The van der Waals surface area contributed by atoms with E-state index >= 15 is 0 Å². The Morgan fingerprint density at radius 1 is 0.920 bits per heavy atom. The first kappa shape index (κ1) is 17.5. The summed E-state index contributed by atoms with van der Waals surface area (Å²) in [7, 11) is 0. The van der Waals surface area contributed by atoms with Crippen LogP contribution in [0.25, 0.3) is 11.1 Å². The van der Waals surface area contributed by atoms with Crippen LogP contribution < -0.4 is 4.74 Å². The fraction of sp³-hybridized carbons (Fsp3) is 0.348. The van der Waals surface area contributed by atoms with Crippen molar-refractivity contribution in [1.82, 2.24) is 0 Å². The minimum absolute atomic E-state index is 0.390. The lowest BCUT2D eigenvalue weighted by Gasteiger charge is -2.26. The van der Waals surface area contributed by atoms with E-state index in [0.29, 0.717) is 17.2 Å². The number of ether oxygens (including phenoxy) is 1. The molecule has 1 saturated carbocycles. The molecule has 0 bridgehead atoms. The van der Waals surface area contributed by atoms with Gasteiger partial charge in [0, 0.05) is 5.57 Å². The van der Waals surface area contributed by atoms with Crippen LogP contribution in [0.15, 0.2) is 60.7 Å². The molecule has 0 N–H and O–H groups in total. The zero-order valence-corrected chi connectivity index (χ0v) is 15.1. The van der Waals surface area contributed by atoms with Crippen molar-refractivity contribution < 1.29 is 9.53 Å². The van der Waals surface area contributed by atoms with Gasteiger partial charge in [-0.2, -0.15) is 0 Å². The summed E-state index contributed by atoms with van der Waals surface area (Å²) in [4.78, 5) is 11.6. The number of hydrogen-bond acceptors (Lipinski definition) is 2. The molecule has 0 spiro atoms. The van der Waals surface area contributed by atoms with Crippen molar-refractivity contribution in [2.24, 2.45) is 5.92 Å². The molecule has 2 heteroatoms. The maximum atomic E-state index is 11.6. The molecule has 0 heterocycles. The minimum Gasteiger partial charge on any atom is -0.423 e. The zero-order valence-electron chi connectivity index (χ0n) is 15.1. The second kappa shape index (κ2) is 7.69. The van der Waals surface area contributed by atoms with Gasteiger partial charge in [0.15, 0.2) is 0 Å². The average molecular weight is 334 g/mol. The Morgan fingerprint density at radius 2 is 1.44 bits per heavy atom. The van der Waals surface area contributed by atoms with Gasteiger partial charge in [-0.1, -0.05) is 62.7 Å². The first-order chi connectivity index (χ1) is 12.0. The van der Waals surface area contributed by atoms with Crippen LogP contribution in [-0.2, 0) is 4.79 Å². The quantitative estimate of drug-likeness (QED) is 0.382. The second-order valence-corrected chi connectivity index (χ2v) is 7.27. The van der Waals surface area contributed by atoms with Gasteiger partial charge in [-0.3, -0.25) is 0 Å². The predicted octanol–water partition coefficient (Wildman–Crippen LogP) is 6.13. The Balaban J connectivity index is 1.68. The Kier molecular flexibility index (Phi) is 5.37. The summed E-state index contributed by atoms with van der Waals surface area (Å²) in [6.45, 7) is 7.59. The van der Waals surface area contributed by atoms with Crippen molar-refractivity contribution >= 4 is 5.97 Å². The van der Waals surface area contributed by atoms with E-state index in [1.807, 2.05) is 24.3 Å². The van der Waals surface area contributed by atoms with Crippen molar-refractivity contribution in [3.05, 3.63) is 66.2 Å². The zero-order chi connectivity index (χ0) is 17.8. The van der Waals surface area contributed by atoms with Gasteiger partial charge in [0.05, 0.1) is 0 Å². The molecule has 0 aromatic heterocycles. The average Bonchev–Trinajstić information content (AvgIpc) is 2.63. The highest BCUT2D eigenvalue weighted by molar-refractivity contribution is 5.88. The third-order valence-electron chi connectivity index (χ3n) is 5.14. The Morgan fingerprint density at radius 3 is 1.96 bits per heavy atom. The predicted molar refractivity (Wildman–Crippen MR) is 103 cm³/mol. The lowest BCUT2D eigenvalue weighted by molar-refractivity contribution is -0.130. The van der Waals surface area contributed by atoms with E-state index in [2.05, 4.69) is 37.8 Å². The van der Waals surface area contributed by atoms with Crippen molar-refractivity contribution in [2.75, 3.05) is 0 Å². The molecule has 2 nitrogen and oxygen atoms in total. The van der Waals surface area contributed by atoms with Crippen LogP contribution >= 0.6 is 0 Å². The van der Waals surface area contributed by atoms with E-state index in [4.69, 9.17) is 4.74 Å². The van der Waals surface area contributed by atoms with E-state index in [1.54, 1.807) is 6.92 Å². The highest BCUT2D eigenvalue weighted by Gasteiger charge is 2.19. The molecule has 130 valence electrons. The number of carbonyl (C=O) groups excluding carboxylic acids is 1. The largest absolute Gasteiger partial charge is 0.423 e. The summed E-state index contributed by atoms with van der Waals surface area (Å²) in [6, 6.07) is 16.6. The maximum Gasteiger partial charge on any atom is 0.338 e. The van der Waals surface area contributed by atoms with Crippen molar-refractivity contribution in [2.45, 2.75) is 45.4 Å². The topological polar surface area (TPSA) is 26.3 Å². The van der Waals surface area contributed by atoms with Crippen LogP contribution in [0.2, 0.25) is 0 Å². The van der Waals surface area contributed by atoms with Gasteiger partial charge < -0.3 is 4.74 Å². The van der Waals surface area contributed by atoms with Gasteiger partial charge in [-0.15, -0.1) is 0 Å². The summed E-state index contributed by atoms with van der Waals surface area (Å²) >= 11 is 0. The molecule has 0 saturated heterocycles. The van der Waals surface area contributed by atoms with Gasteiger partial charge in [0.1, 0.15) is 5.75 Å². The first-order valence-corrected chi connectivity index (χ1v) is 9.11. The minimum atomic E-state index is -0.390. The van der Waals surface area contributed by atoms with Crippen LogP contribution in [0, 0.1) is 5.92 Å². The molecule has 0 unspecified atom stereocenters. The lowest BCUT2D eigenvalue weighted by Crippen LogP contribution is -2.10. The van der Waals surface area contributed by atoms with E-state index < -0.39 is 0 Å². The van der Waals surface area contributed by atoms with Crippen LogP contribution in [0.1, 0.15) is 51.0 Å². The second-order valence-electron chi connectivity index (χ2n) is 7.27. The van der Waals surface area contributed by atoms with Crippen molar-refractivity contribution in [3.63, 3.8) is 0 Å². The molecule has 2 aromatic rings. The number of hydrogen-bond donors (Lipinski definition) is 0. The first-order valence-electron chi connectivity index (χ1n) is 9.11. The Hall–Kier alpha value is -2.35. The third-order valence-corrected chi connectivity index (χ3v) is 5.14. The van der Waals surface area contributed by atoms with Crippen molar-refractivity contribution in [3.8, 4) is 16.9 Å². The fourth-order valence-electron chi connectivity index (χ4n) is 3.45. The molecule has 0 amide bonds. The summed E-state index contributed by atoms with van der Waals surface area (Å²) < 4.78 is 5.24. The molecule has 0 atom stereocenters. The van der Waals surface area contributed by atoms with E-state index in [-0.39, 0.29) is 5.97 Å². The van der Waals surface area contributed by atoms with Crippen LogP contribution in [0.4, 0.5) is 0 Å². The molecule has 3 rings (SSSR count). The van der Waals surface area contributed by atoms with E-state index in [1.165, 1.54) is 36.8 Å². The number of benzene rings is 2.